The van der Waals surface area contributed by atoms with E-state index in [1.807, 2.05) is 16.3 Å². The minimum atomic E-state index is -0.258. The Morgan fingerprint density at radius 2 is 2.09 bits per heavy atom. The molecular weight excluding hydrogens is 303 g/mol. The molecule has 3 rings (SSSR count). The first-order valence-corrected chi connectivity index (χ1v) is 7.69. The highest BCUT2D eigenvalue weighted by molar-refractivity contribution is 7.71. The number of nitrogens with zero attached hydrogens (tertiary/aromatic N) is 4. The van der Waals surface area contributed by atoms with E-state index in [1.54, 1.807) is 12.1 Å². The quantitative estimate of drug-likeness (QED) is 0.813. The van der Waals surface area contributed by atoms with Crippen molar-refractivity contribution in [3.63, 3.8) is 0 Å². The third kappa shape index (κ3) is 3.11. The minimum absolute atomic E-state index is 0.225. The minimum Gasteiger partial charge on any atom is -0.376 e. The van der Waals surface area contributed by atoms with Crippen LogP contribution < -0.4 is 0 Å². The van der Waals surface area contributed by atoms with Gasteiger partial charge in [-0.3, -0.25) is 4.90 Å². The number of hydrogen-bond donors (Lipinski definition) is 0. The Bertz CT molecular complexity index is 709. The molecule has 0 N–H and O–H groups in total. The van der Waals surface area contributed by atoms with E-state index in [0.717, 1.165) is 31.1 Å². The van der Waals surface area contributed by atoms with Crippen molar-refractivity contribution < 1.29 is 9.13 Å². The first kappa shape index (κ1) is 15.3. The summed E-state index contributed by atoms with van der Waals surface area (Å²) in [6.07, 6.45) is 0.225. The number of aromatic nitrogens is 3. The molecule has 5 nitrogen and oxygen atoms in total. The van der Waals surface area contributed by atoms with Crippen molar-refractivity contribution in [2.75, 3.05) is 19.7 Å². The zero-order valence-corrected chi connectivity index (χ0v) is 13.5. The van der Waals surface area contributed by atoms with Crippen molar-refractivity contribution >= 4 is 12.2 Å². The van der Waals surface area contributed by atoms with Crippen LogP contribution in [-0.4, -0.2) is 45.0 Å². The maximum absolute atomic E-state index is 13.1. The second-order valence-electron chi connectivity index (χ2n) is 5.57. The molecule has 1 unspecified atom stereocenters. The molecule has 7 heteroatoms. The lowest BCUT2D eigenvalue weighted by atomic mass is 10.2. The highest BCUT2D eigenvalue weighted by Gasteiger charge is 2.18. The van der Waals surface area contributed by atoms with Gasteiger partial charge in [-0.1, -0.05) is 0 Å². The molecule has 1 aliphatic rings. The van der Waals surface area contributed by atoms with Gasteiger partial charge in [-0.2, -0.15) is 5.10 Å². The average Bonchev–Trinajstić information content (AvgIpc) is 2.77. The Labute approximate surface area is 133 Å². The first-order valence-electron chi connectivity index (χ1n) is 7.28. The summed E-state index contributed by atoms with van der Waals surface area (Å²) in [5, 5.41) is 4.60. The van der Waals surface area contributed by atoms with Crippen LogP contribution in [0.2, 0.25) is 0 Å². The van der Waals surface area contributed by atoms with Gasteiger partial charge in [0.1, 0.15) is 5.82 Å². The summed E-state index contributed by atoms with van der Waals surface area (Å²) in [5.41, 5.74) is 0.851. The zero-order chi connectivity index (χ0) is 15.7. The fraction of sp³-hybridized carbons (Fsp3) is 0.467. The fourth-order valence-corrected chi connectivity index (χ4v) is 2.82. The smallest absolute Gasteiger partial charge is 0.199 e. The zero-order valence-electron chi connectivity index (χ0n) is 12.7. The topological polar surface area (TPSA) is 35.2 Å². The summed E-state index contributed by atoms with van der Waals surface area (Å²) < 4.78 is 22.9. The van der Waals surface area contributed by atoms with Crippen molar-refractivity contribution in [1.82, 2.24) is 19.2 Å². The van der Waals surface area contributed by atoms with Gasteiger partial charge in [-0.25, -0.2) is 9.07 Å². The highest BCUT2D eigenvalue weighted by Crippen LogP contribution is 2.18. The number of halogens is 1. The SMILES string of the molecule is CC1CN(Cn2nc(-c3ccc(F)cc3)n(C)c2=S)CCO1. The van der Waals surface area contributed by atoms with E-state index in [4.69, 9.17) is 17.0 Å². The van der Waals surface area contributed by atoms with Crippen molar-refractivity contribution in [2.45, 2.75) is 19.7 Å². The van der Waals surface area contributed by atoms with Crippen LogP contribution in [0.4, 0.5) is 4.39 Å². The normalized spacial score (nSPS) is 19.5. The van der Waals surface area contributed by atoms with Gasteiger partial charge in [-0.15, -0.1) is 0 Å². The number of ether oxygens (including phenoxy) is 1. The van der Waals surface area contributed by atoms with E-state index < -0.39 is 0 Å². The Hall–Kier alpha value is -1.57. The molecule has 0 bridgehead atoms. The van der Waals surface area contributed by atoms with Crippen LogP contribution in [0.3, 0.4) is 0 Å². The van der Waals surface area contributed by atoms with Gasteiger partial charge in [0, 0.05) is 25.7 Å². The molecule has 2 aromatic rings. The van der Waals surface area contributed by atoms with Crippen LogP contribution in [0.15, 0.2) is 24.3 Å². The lowest BCUT2D eigenvalue weighted by Gasteiger charge is -2.30. The predicted molar refractivity (Wildman–Crippen MR) is 84.4 cm³/mol. The third-order valence-electron chi connectivity index (χ3n) is 3.80. The predicted octanol–water partition coefficient (Wildman–Crippen LogP) is 2.44. The standard InChI is InChI=1S/C15H19FN4OS/c1-11-9-19(7-8-21-11)10-20-15(22)18(2)14(17-20)12-3-5-13(16)6-4-12/h3-6,11H,7-10H2,1-2H3. The van der Waals surface area contributed by atoms with Gasteiger partial charge in [0.15, 0.2) is 10.6 Å². The summed E-state index contributed by atoms with van der Waals surface area (Å²) >= 11 is 5.47. The highest BCUT2D eigenvalue weighted by atomic mass is 32.1. The maximum atomic E-state index is 13.1. The van der Waals surface area contributed by atoms with Crippen LogP contribution in [0.5, 0.6) is 0 Å². The molecule has 0 spiro atoms. The summed E-state index contributed by atoms with van der Waals surface area (Å²) in [5.74, 6) is 0.484. The number of rotatable bonds is 3. The van der Waals surface area contributed by atoms with E-state index in [-0.39, 0.29) is 11.9 Å². The molecule has 1 atom stereocenters. The molecule has 22 heavy (non-hydrogen) atoms. The third-order valence-corrected chi connectivity index (χ3v) is 4.29. The molecular formula is C15H19FN4OS. The average molecular weight is 322 g/mol. The Kier molecular flexibility index (Phi) is 4.37. The van der Waals surface area contributed by atoms with Gasteiger partial charge in [-0.05, 0) is 43.4 Å². The molecule has 1 aliphatic heterocycles. The Morgan fingerprint density at radius 1 is 1.36 bits per heavy atom. The molecule has 1 saturated heterocycles. The lowest BCUT2D eigenvalue weighted by molar-refractivity contribution is -0.0307. The molecule has 1 aromatic heterocycles. The van der Waals surface area contributed by atoms with Crippen molar-refractivity contribution in [1.29, 1.82) is 0 Å². The van der Waals surface area contributed by atoms with E-state index in [1.165, 1.54) is 12.1 Å². The molecule has 0 saturated carbocycles. The van der Waals surface area contributed by atoms with Crippen LogP contribution in [0.1, 0.15) is 6.92 Å². The van der Waals surface area contributed by atoms with E-state index in [9.17, 15) is 4.39 Å². The van der Waals surface area contributed by atoms with Crippen LogP contribution in [0.25, 0.3) is 11.4 Å². The number of hydrogen-bond acceptors (Lipinski definition) is 4. The number of benzene rings is 1. The Morgan fingerprint density at radius 3 is 2.77 bits per heavy atom. The second-order valence-corrected chi connectivity index (χ2v) is 5.94. The van der Waals surface area contributed by atoms with Crippen LogP contribution >= 0.6 is 12.2 Å². The molecule has 118 valence electrons. The Balaban J connectivity index is 1.86. The molecule has 1 aromatic carbocycles. The molecule has 2 heterocycles. The van der Waals surface area contributed by atoms with Crippen molar-refractivity contribution in [3.05, 3.63) is 34.9 Å². The monoisotopic (exact) mass is 322 g/mol. The summed E-state index contributed by atoms with van der Waals surface area (Å²) in [6, 6.07) is 6.29. The lowest BCUT2D eigenvalue weighted by Crippen LogP contribution is -2.42. The fourth-order valence-electron chi connectivity index (χ4n) is 2.64. The summed E-state index contributed by atoms with van der Waals surface area (Å²) in [7, 11) is 1.88. The summed E-state index contributed by atoms with van der Waals surface area (Å²) in [4.78, 5) is 2.27. The van der Waals surface area contributed by atoms with Gasteiger partial charge < -0.3 is 9.30 Å². The second kappa shape index (κ2) is 6.28. The van der Waals surface area contributed by atoms with E-state index >= 15 is 0 Å². The van der Waals surface area contributed by atoms with Gasteiger partial charge >= 0.3 is 0 Å². The number of morpholine rings is 1. The van der Waals surface area contributed by atoms with Gasteiger partial charge in [0.2, 0.25) is 0 Å². The van der Waals surface area contributed by atoms with Gasteiger partial charge in [0.05, 0.1) is 19.4 Å². The van der Waals surface area contributed by atoms with Crippen LogP contribution in [0, 0.1) is 10.6 Å². The molecule has 0 radical (unpaired) electrons. The maximum Gasteiger partial charge on any atom is 0.199 e. The van der Waals surface area contributed by atoms with E-state index in [0.29, 0.717) is 11.4 Å². The van der Waals surface area contributed by atoms with Crippen molar-refractivity contribution in [2.24, 2.45) is 7.05 Å². The van der Waals surface area contributed by atoms with E-state index in [2.05, 4.69) is 16.9 Å². The van der Waals surface area contributed by atoms with Gasteiger partial charge in [0.25, 0.3) is 0 Å². The molecule has 0 amide bonds. The molecule has 1 fully saturated rings. The summed E-state index contributed by atoms with van der Waals surface area (Å²) in [6.45, 7) is 5.17. The largest absolute Gasteiger partial charge is 0.376 e. The van der Waals surface area contributed by atoms with Crippen LogP contribution in [-0.2, 0) is 18.5 Å². The van der Waals surface area contributed by atoms with Crippen molar-refractivity contribution in [3.8, 4) is 11.4 Å². The first-order chi connectivity index (χ1) is 10.5. The molecule has 0 aliphatic carbocycles.